The number of azo groups is 4. The number of ketones is 2. The van der Waals surface area contributed by atoms with E-state index in [1.165, 1.54) is 14.0 Å². The van der Waals surface area contributed by atoms with Gasteiger partial charge in [0.25, 0.3) is 0 Å². The molecule has 0 aliphatic heterocycles. The zero-order valence-electron chi connectivity index (χ0n) is 47.2. The SMILES string of the molecule is COc1cc(N=Nc2cc(OC)c(N=Nc3ccc(O)c4ccccc34)cc2NC(C)=O)ccc1/C=C(\C#N)c1ccc(C)cc1.O=C1c2ccccc2C(=O)c2c(N=Nc3ccc(N=Nc4ccc(O)c5ccccc45)c4ccccc34)cccc21. The van der Waals surface area contributed by atoms with E-state index in [1.807, 2.05) is 104 Å². The van der Waals surface area contributed by atoms with Crippen LogP contribution in [0.5, 0.6) is 23.0 Å². The van der Waals surface area contributed by atoms with Crippen molar-refractivity contribution in [3.63, 3.8) is 0 Å². The minimum Gasteiger partial charge on any atom is -0.507 e. The molecule has 422 valence electrons. The molecule has 0 fully saturated rings. The standard InChI is InChI=1S/C36H30N6O4.C34H20N4O3/c1-22-9-11-24(12-10-22)26(21-37)17-25-13-14-27(18-35(25)45-3)39-41-32-20-36(46-4)33(19-31(32)38-23(2)43)42-40-30-15-16-34(44)29-8-6-5-7-28(29)30;39-31-19-18-29(22-10-3-4-11-23(22)31)36-35-27-16-17-28(21-9-2-1-8-20(21)27)37-38-30-15-7-14-26-32(30)34(41)25-13-6-5-12-24(25)33(26)40/h5-20,44H,1-4H3,(H,38,43);1-19,39H/b26-17+,41-39?,42-40?;. The maximum absolute atomic E-state index is 13.3. The molecule has 0 saturated heterocycles. The lowest BCUT2D eigenvalue weighted by Crippen LogP contribution is -2.20. The van der Waals surface area contributed by atoms with Gasteiger partial charge in [0, 0.05) is 73.6 Å². The number of phenolic OH excluding ortho intramolecular Hbond substituents is 2. The summed E-state index contributed by atoms with van der Waals surface area (Å²) in [6.07, 6.45) is 1.76. The molecular formula is C70H50N10O7. The summed E-state index contributed by atoms with van der Waals surface area (Å²) in [5.41, 5.74) is 8.73. The molecule has 11 aromatic carbocycles. The molecule has 11 aromatic rings. The van der Waals surface area contributed by atoms with E-state index in [-0.39, 0.29) is 34.5 Å². The monoisotopic (exact) mass is 1140 g/mol. The lowest BCUT2D eigenvalue weighted by Gasteiger charge is -2.18. The third kappa shape index (κ3) is 12.0. The van der Waals surface area contributed by atoms with E-state index in [1.54, 1.807) is 122 Å². The summed E-state index contributed by atoms with van der Waals surface area (Å²) < 4.78 is 11.2. The molecule has 0 atom stereocenters. The number of anilines is 1. The molecule has 1 aliphatic carbocycles. The Morgan fingerprint density at radius 1 is 0.471 bits per heavy atom. The number of fused-ring (bicyclic) bond motifs is 5. The first-order valence-corrected chi connectivity index (χ1v) is 27.2. The Hall–Kier alpha value is -12.2. The predicted molar refractivity (Wildman–Crippen MR) is 337 cm³/mol. The normalized spacial score (nSPS) is 12.2. The zero-order valence-corrected chi connectivity index (χ0v) is 47.2. The van der Waals surface area contributed by atoms with Crippen molar-refractivity contribution >= 4 is 113 Å². The number of benzene rings is 11. The Morgan fingerprint density at radius 2 is 0.943 bits per heavy atom. The number of phenols is 2. The van der Waals surface area contributed by atoms with E-state index in [4.69, 9.17) is 9.47 Å². The van der Waals surface area contributed by atoms with Crippen LogP contribution in [-0.2, 0) is 4.79 Å². The number of rotatable bonds is 13. The number of hydrogen-bond donors (Lipinski definition) is 3. The molecule has 17 heteroatoms. The molecule has 3 N–H and O–H groups in total. The molecule has 0 bridgehead atoms. The first-order valence-electron chi connectivity index (χ1n) is 27.2. The molecular weight excluding hydrogens is 1090 g/mol. The van der Waals surface area contributed by atoms with Crippen LogP contribution >= 0.6 is 0 Å². The summed E-state index contributed by atoms with van der Waals surface area (Å²) in [4.78, 5) is 38.5. The highest BCUT2D eigenvalue weighted by Crippen LogP contribution is 2.43. The molecule has 1 aliphatic rings. The van der Waals surface area contributed by atoms with Crippen molar-refractivity contribution in [3.8, 4) is 29.1 Å². The second-order valence-electron chi connectivity index (χ2n) is 19.8. The van der Waals surface area contributed by atoms with Crippen LogP contribution in [0.2, 0.25) is 0 Å². The fraction of sp³-hybridized carbons (Fsp3) is 0.0571. The van der Waals surface area contributed by atoms with E-state index < -0.39 is 0 Å². The molecule has 0 heterocycles. The third-order valence-electron chi connectivity index (χ3n) is 14.2. The fourth-order valence-corrected chi connectivity index (χ4v) is 9.92. The Bertz CT molecular complexity index is 4780. The largest absolute Gasteiger partial charge is 0.507 e. The summed E-state index contributed by atoms with van der Waals surface area (Å²) in [5.74, 6) is 0.443. The summed E-state index contributed by atoms with van der Waals surface area (Å²) >= 11 is 0. The van der Waals surface area contributed by atoms with Crippen molar-refractivity contribution in [1.29, 1.82) is 5.26 Å². The number of nitriles is 1. The van der Waals surface area contributed by atoms with E-state index in [2.05, 4.69) is 52.3 Å². The zero-order chi connectivity index (χ0) is 60.6. The topological polar surface area (TPSA) is 245 Å². The van der Waals surface area contributed by atoms with Crippen LogP contribution in [0.1, 0.15) is 55.5 Å². The van der Waals surface area contributed by atoms with Crippen molar-refractivity contribution in [3.05, 3.63) is 245 Å². The third-order valence-corrected chi connectivity index (χ3v) is 14.2. The summed E-state index contributed by atoms with van der Waals surface area (Å²) in [5, 5.41) is 73.0. The van der Waals surface area contributed by atoms with Gasteiger partial charge in [0.2, 0.25) is 5.91 Å². The number of allylic oxidation sites excluding steroid dienone is 1. The maximum Gasteiger partial charge on any atom is 0.221 e. The van der Waals surface area contributed by atoms with Gasteiger partial charge < -0.3 is 25.0 Å². The summed E-state index contributed by atoms with van der Waals surface area (Å²) in [6, 6.07) is 63.0. The number of carbonyl (C=O) groups is 3. The molecule has 0 spiro atoms. The number of aromatic hydroxyl groups is 2. The minimum atomic E-state index is -0.311. The summed E-state index contributed by atoms with van der Waals surface area (Å²) in [7, 11) is 3.03. The molecule has 0 unspecified atom stereocenters. The van der Waals surface area contributed by atoms with Crippen LogP contribution in [0.4, 0.5) is 51.2 Å². The maximum atomic E-state index is 13.3. The highest BCUT2D eigenvalue weighted by atomic mass is 16.5. The van der Waals surface area contributed by atoms with Crippen LogP contribution in [0.3, 0.4) is 0 Å². The lowest BCUT2D eigenvalue weighted by molar-refractivity contribution is -0.114. The fourth-order valence-electron chi connectivity index (χ4n) is 9.92. The predicted octanol–water partition coefficient (Wildman–Crippen LogP) is 19.0. The van der Waals surface area contributed by atoms with Gasteiger partial charge in [-0.15, -0.1) is 35.8 Å². The molecule has 12 rings (SSSR count). The Morgan fingerprint density at radius 3 is 1.48 bits per heavy atom. The Labute approximate surface area is 498 Å². The van der Waals surface area contributed by atoms with Crippen LogP contribution in [-0.4, -0.2) is 41.9 Å². The number of nitrogens with zero attached hydrogens (tertiary/aromatic N) is 9. The number of ether oxygens (including phenoxy) is 2. The Balaban J connectivity index is 0.000000181. The molecule has 0 aromatic heterocycles. The van der Waals surface area contributed by atoms with Gasteiger partial charge in [-0.05, 0) is 79.2 Å². The second kappa shape index (κ2) is 25.1. The molecule has 87 heavy (non-hydrogen) atoms. The highest BCUT2D eigenvalue weighted by Gasteiger charge is 2.31. The van der Waals surface area contributed by atoms with Gasteiger partial charge in [-0.1, -0.05) is 139 Å². The number of hydrogen-bond acceptors (Lipinski definition) is 16. The number of nitrogens with one attached hydrogen (secondary N) is 1. The molecule has 0 radical (unpaired) electrons. The lowest BCUT2D eigenvalue weighted by atomic mass is 9.83. The van der Waals surface area contributed by atoms with Crippen LogP contribution in [0.25, 0.3) is 44.0 Å². The van der Waals surface area contributed by atoms with Gasteiger partial charge in [-0.2, -0.15) is 10.4 Å². The first kappa shape index (κ1) is 56.7. The second-order valence-corrected chi connectivity index (χ2v) is 19.8. The van der Waals surface area contributed by atoms with Crippen molar-refractivity contribution in [2.24, 2.45) is 40.9 Å². The van der Waals surface area contributed by atoms with Gasteiger partial charge in [0.1, 0.15) is 34.4 Å². The van der Waals surface area contributed by atoms with Gasteiger partial charge in [0.15, 0.2) is 11.6 Å². The summed E-state index contributed by atoms with van der Waals surface area (Å²) in [6.45, 7) is 3.38. The smallest absolute Gasteiger partial charge is 0.221 e. The van der Waals surface area contributed by atoms with E-state index in [0.717, 1.165) is 32.7 Å². The quantitative estimate of drug-likeness (QED) is 0.0568. The first-order chi connectivity index (χ1) is 42.4. The Kier molecular flexibility index (Phi) is 16.4. The average molecular weight is 1140 g/mol. The van der Waals surface area contributed by atoms with E-state index in [9.17, 15) is 29.9 Å². The van der Waals surface area contributed by atoms with Crippen molar-refractivity contribution < 1.29 is 34.1 Å². The van der Waals surface area contributed by atoms with E-state index >= 15 is 0 Å². The minimum absolute atomic E-state index is 0.146. The van der Waals surface area contributed by atoms with Gasteiger partial charge in [-0.3, -0.25) is 14.4 Å². The number of aryl methyl sites for hydroxylation is 1. The van der Waals surface area contributed by atoms with Crippen molar-refractivity contribution in [2.75, 3.05) is 19.5 Å². The van der Waals surface area contributed by atoms with Crippen LogP contribution < -0.4 is 14.8 Å². The van der Waals surface area contributed by atoms with Gasteiger partial charge in [0.05, 0.1) is 71.2 Å². The molecule has 1 amide bonds. The molecule has 0 saturated carbocycles. The number of methoxy groups -OCH3 is 2. The molecule has 17 nitrogen and oxygen atoms in total. The van der Waals surface area contributed by atoms with Crippen LogP contribution in [0, 0.1) is 18.3 Å². The van der Waals surface area contributed by atoms with Crippen LogP contribution in [0.15, 0.2) is 247 Å². The van der Waals surface area contributed by atoms with Gasteiger partial charge in [-0.25, -0.2) is 0 Å². The highest BCUT2D eigenvalue weighted by molar-refractivity contribution is 6.30. The van der Waals surface area contributed by atoms with Crippen molar-refractivity contribution in [2.45, 2.75) is 13.8 Å². The van der Waals surface area contributed by atoms with Crippen molar-refractivity contribution in [1.82, 2.24) is 0 Å². The van der Waals surface area contributed by atoms with E-state index in [0.29, 0.717) is 101 Å². The average Bonchev–Trinajstić information content (AvgIpc) is 3.73. The number of amides is 1. The number of carbonyl (C=O) groups excluding carboxylic acids is 3. The van der Waals surface area contributed by atoms with Gasteiger partial charge >= 0.3 is 0 Å².